The Hall–Kier alpha value is -2.13. The van der Waals surface area contributed by atoms with Gasteiger partial charge in [0.2, 0.25) is 11.8 Å². The third-order valence-corrected chi connectivity index (χ3v) is 4.31. The van der Waals surface area contributed by atoms with Crippen LogP contribution in [0.2, 0.25) is 5.02 Å². The largest absolute Gasteiger partial charge is 0.426 e. The summed E-state index contributed by atoms with van der Waals surface area (Å²) < 4.78 is 5.44. The molecule has 1 fully saturated rings. The fourth-order valence-corrected chi connectivity index (χ4v) is 3.09. The molecule has 0 bridgehead atoms. The lowest BCUT2D eigenvalue weighted by Crippen LogP contribution is -2.17. The summed E-state index contributed by atoms with van der Waals surface area (Å²) in [4.78, 5) is 4.23. The summed E-state index contributed by atoms with van der Waals surface area (Å²) in [5, 5.41) is 20.6. The molecular formula is C15H16ClN5O. The van der Waals surface area contributed by atoms with E-state index in [2.05, 4.69) is 26.6 Å². The molecule has 114 valence electrons. The van der Waals surface area contributed by atoms with Crippen LogP contribution in [-0.4, -0.2) is 21.2 Å². The van der Waals surface area contributed by atoms with Gasteiger partial charge in [0.25, 0.3) is 0 Å². The Balaban J connectivity index is 1.60. The minimum atomic E-state index is 0.299. The Morgan fingerprint density at radius 1 is 1.45 bits per heavy atom. The maximum atomic E-state index is 9.00. The van der Waals surface area contributed by atoms with E-state index < -0.39 is 0 Å². The molecule has 3 rings (SSSR count). The predicted octanol–water partition coefficient (Wildman–Crippen LogP) is 3.12. The molecule has 0 aromatic carbocycles. The van der Waals surface area contributed by atoms with Gasteiger partial charge in [-0.25, -0.2) is 4.98 Å². The molecule has 7 heteroatoms. The summed E-state index contributed by atoms with van der Waals surface area (Å²) in [6, 6.07) is 3.98. The number of aromatic nitrogens is 3. The van der Waals surface area contributed by atoms with E-state index in [1.807, 2.05) is 0 Å². The van der Waals surface area contributed by atoms with Gasteiger partial charge in [-0.05, 0) is 31.2 Å². The van der Waals surface area contributed by atoms with Crippen molar-refractivity contribution in [2.75, 3.05) is 5.32 Å². The third-order valence-electron chi connectivity index (χ3n) is 3.92. The Morgan fingerprint density at radius 2 is 2.32 bits per heavy atom. The van der Waals surface area contributed by atoms with E-state index in [9.17, 15) is 0 Å². The molecule has 0 saturated heterocycles. The number of nitriles is 1. The van der Waals surface area contributed by atoms with E-state index in [0.29, 0.717) is 40.1 Å². The van der Waals surface area contributed by atoms with Gasteiger partial charge in [0, 0.05) is 25.6 Å². The van der Waals surface area contributed by atoms with Gasteiger partial charge in [-0.2, -0.15) is 5.26 Å². The Bertz CT molecular complexity index is 708. The normalized spacial score (nSPS) is 20.8. The van der Waals surface area contributed by atoms with Crippen molar-refractivity contribution >= 4 is 17.4 Å². The number of hydrogen-bond acceptors (Lipinski definition) is 6. The van der Waals surface area contributed by atoms with E-state index in [1.54, 1.807) is 19.2 Å². The van der Waals surface area contributed by atoms with Gasteiger partial charge in [0.15, 0.2) is 0 Å². The molecule has 0 amide bonds. The van der Waals surface area contributed by atoms with Crippen LogP contribution < -0.4 is 5.32 Å². The molecule has 2 atom stereocenters. The Labute approximate surface area is 133 Å². The number of pyridine rings is 1. The highest BCUT2D eigenvalue weighted by molar-refractivity contribution is 6.34. The summed E-state index contributed by atoms with van der Waals surface area (Å²) in [6.07, 6.45) is 5.52. The monoisotopic (exact) mass is 317 g/mol. The lowest BCUT2D eigenvalue weighted by Gasteiger charge is -2.15. The van der Waals surface area contributed by atoms with E-state index in [1.165, 1.54) is 0 Å². The number of rotatable bonds is 4. The lowest BCUT2D eigenvalue weighted by atomic mass is 10.0. The summed E-state index contributed by atoms with van der Waals surface area (Å²) in [5.41, 5.74) is 0.440. The first-order valence-electron chi connectivity index (χ1n) is 7.26. The van der Waals surface area contributed by atoms with E-state index in [-0.39, 0.29) is 0 Å². The number of aryl methyl sites for hydroxylation is 1. The highest BCUT2D eigenvalue weighted by atomic mass is 35.5. The molecule has 2 aromatic rings. The van der Waals surface area contributed by atoms with Crippen LogP contribution in [0, 0.1) is 24.2 Å². The first-order valence-corrected chi connectivity index (χ1v) is 7.63. The fraction of sp³-hybridized carbons (Fsp3) is 0.467. The number of nitrogens with zero attached hydrogens (tertiary/aromatic N) is 4. The van der Waals surface area contributed by atoms with Crippen molar-refractivity contribution in [1.29, 1.82) is 5.26 Å². The zero-order valence-corrected chi connectivity index (χ0v) is 13.0. The second-order valence-electron chi connectivity index (χ2n) is 5.57. The molecule has 1 aliphatic rings. The zero-order chi connectivity index (χ0) is 15.5. The second kappa shape index (κ2) is 6.32. The van der Waals surface area contributed by atoms with Crippen LogP contribution in [0.5, 0.6) is 0 Å². The maximum Gasteiger partial charge on any atom is 0.216 e. The second-order valence-corrected chi connectivity index (χ2v) is 5.95. The summed E-state index contributed by atoms with van der Waals surface area (Å²) >= 11 is 6.18. The van der Waals surface area contributed by atoms with Gasteiger partial charge in [0.1, 0.15) is 16.9 Å². The van der Waals surface area contributed by atoms with Crippen molar-refractivity contribution in [3.8, 4) is 6.07 Å². The van der Waals surface area contributed by atoms with Gasteiger partial charge in [-0.1, -0.05) is 11.6 Å². The molecule has 1 N–H and O–H groups in total. The SMILES string of the molecule is Cc1nnc(C[C@@H]2CC[C@H](Nc3nccc(C#N)c3Cl)C2)o1. The molecule has 1 saturated carbocycles. The quantitative estimate of drug-likeness (QED) is 0.932. The number of anilines is 1. The number of hydrogen-bond donors (Lipinski definition) is 1. The van der Waals surface area contributed by atoms with Gasteiger partial charge in [-0.3, -0.25) is 0 Å². The van der Waals surface area contributed by atoms with Crippen LogP contribution >= 0.6 is 11.6 Å². The van der Waals surface area contributed by atoms with Crippen molar-refractivity contribution in [3.63, 3.8) is 0 Å². The summed E-state index contributed by atoms with van der Waals surface area (Å²) in [7, 11) is 0. The Morgan fingerprint density at radius 3 is 3.05 bits per heavy atom. The van der Waals surface area contributed by atoms with Crippen LogP contribution in [0.15, 0.2) is 16.7 Å². The first kappa shape index (κ1) is 14.8. The molecule has 6 nitrogen and oxygen atoms in total. The molecule has 0 radical (unpaired) electrons. The van der Waals surface area contributed by atoms with Crippen LogP contribution in [-0.2, 0) is 6.42 Å². The van der Waals surface area contributed by atoms with Crippen molar-refractivity contribution < 1.29 is 4.42 Å². The van der Waals surface area contributed by atoms with Gasteiger partial charge >= 0.3 is 0 Å². The molecule has 2 aromatic heterocycles. The Kier molecular flexibility index (Phi) is 4.25. The van der Waals surface area contributed by atoms with E-state index in [0.717, 1.165) is 25.7 Å². The molecule has 2 heterocycles. The molecular weight excluding hydrogens is 302 g/mol. The van der Waals surface area contributed by atoms with Crippen LogP contribution in [0.1, 0.15) is 36.6 Å². The summed E-state index contributed by atoms with van der Waals surface area (Å²) in [6.45, 7) is 1.80. The van der Waals surface area contributed by atoms with Crippen molar-refractivity contribution in [3.05, 3.63) is 34.6 Å². The average molecular weight is 318 g/mol. The van der Waals surface area contributed by atoms with E-state index >= 15 is 0 Å². The third kappa shape index (κ3) is 3.20. The molecule has 0 aliphatic heterocycles. The fourth-order valence-electron chi connectivity index (χ4n) is 2.88. The van der Waals surface area contributed by atoms with Crippen molar-refractivity contribution in [2.24, 2.45) is 5.92 Å². The highest BCUT2D eigenvalue weighted by Crippen LogP contribution is 2.32. The summed E-state index contributed by atoms with van der Waals surface area (Å²) in [5.74, 6) is 2.40. The molecule has 22 heavy (non-hydrogen) atoms. The number of halogens is 1. The van der Waals surface area contributed by atoms with E-state index in [4.69, 9.17) is 21.3 Å². The lowest BCUT2D eigenvalue weighted by molar-refractivity contribution is 0.416. The first-order chi connectivity index (χ1) is 10.7. The number of nitrogens with one attached hydrogen (secondary N) is 1. The molecule has 0 unspecified atom stereocenters. The smallest absolute Gasteiger partial charge is 0.216 e. The standard InChI is InChI=1S/C15H16ClN5O/c1-9-20-21-13(22-9)7-10-2-3-12(6-10)19-15-14(16)11(8-17)4-5-18-15/h4-5,10,12H,2-3,6-7H2,1H3,(H,18,19)/t10-,12+/m1/s1. The van der Waals surface area contributed by atoms with Gasteiger partial charge in [0.05, 0.1) is 5.56 Å². The highest BCUT2D eigenvalue weighted by Gasteiger charge is 2.27. The van der Waals surface area contributed by atoms with Crippen molar-refractivity contribution in [1.82, 2.24) is 15.2 Å². The molecule has 1 aliphatic carbocycles. The van der Waals surface area contributed by atoms with Crippen LogP contribution in [0.25, 0.3) is 0 Å². The zero-order valence-electron chi connectivity index (χ0n) is 12.2. The average Bonchev–Trinajstić information content (AvgIpc) is 3.11. The van der Waals surface area contributed by atoms with Crippen LogP contribution in [0.4, 0.5) is 5.82 Å². The van der Waals surface area contributed by atoms with Crippen molar-refractivity contribution in [2.45, 2.75) is 38.6 Å². The van der Waals surface area contributed by atoms with Crippen LogP contribution in [0.3, 0.4) is 0 Å². The topological polar surface area (TPSA) is 87.6 Å². The minimum Gasteiger partial charge on any atom is -0.426 e. The van der Waals surface area contributed by atoms with Gasteiger partial charge < -0.3 is 9.73 Å². The van der Waals surface area contributed by atoms with Gasteiger partial charge in [-0.15, -0.1) is 10.2 Å². The minimum absolute atomic E-state index is 0.299. The predicted molar refractivity (Wildman–Crippen MR) is 81.5 cm³/mol. The molecule has 0 spiro atoms. The maximum absolute atomic E-state index is 9.00.